The van der Waals surface area contributed by atoms with Gasteiger partial charge in [0.05, 0.1) is 4.92 Å². The van der Waals surface area contributed by atoms with Crippen molar-refractivity contribution in [2.45, 2.75) is 19.6 Å². The zero-order valence-corrected chi connectivity index (χ0v) is 13.3. The summed E-state index contributed by atoms with van der Waals surface area (Å²) in [6, 6.07) is 11.8. The van der Waals surface area contributed by atoms with Gasteiger partial charge < -0.3 is 9.64 Å². The van der Waals surface area contributed by atoms with Gasteiger partial charge in [0.15, 0.2) is 11.9 Å². The van der Waals surface area contributed by atoms with Gasteiger partial charge in [-0.1, -0.05) is 24.3 Å². The molecule has 0 aromatic heterocycles. The van der Waals surface area contributed by atoms with E-state index in [1.165, 1.54) is 42.2 Å². The molecule has 1 amide bonds. The van der Waals surface area contributed by atoms with Crippen LogP contribution >= 0.6 is 0 Å². The lowest BCUT2D eigenvalue weighted by Gasteiger charge is -2.22. The van der Waals surface area contributed by atoms with Crippen LogP contribution in [0.15, 0.2) is 48.5 Å². The number of amides is 1. The van der Waals surface area contributed by atoms with Crippen molar-refractivity contribution >= 4 is 11.6 Å². The molecule has 0 radical (unpaired) electrons. The number of likely N-dealkylation sites (N-methyl/N-ethyl adjacent to an activating group) is 1. The summed E-state index contributed by atoms with van der Waals surface area (Å²) in [5.41, 5.74) is 0.439. The number of halogens is 1. The second kappa shape index (κ2) is 7.54. The lowest BCUT2D eigenvalue weighted by Crippen LogP contribution is -2.37. The first kappa shape index (κ1) is 17.4. The lowest BCUT2D eigenvalue weighted by molar-refractivity contribution is -0.386. The van der Waals surface area contributed by atoms with Gasteiger partial charge in [-0.2, -0.15) is 0 Å². The molecule has 24 heavy (non-hydrogen) atoms. The summed E-state index contributed by atoms with van der Waals surface area (Å²) in [7, 11) is 1.56. The van der Waals surface area contributed by atoms with Gasteiger partial charge in [0.1, 0.15) is 5.82 Å². The van der Waals surface area contributed by atoms with Gasteiger partial charge in [-0.3, -0.25) is 14.9 Å². The van der Waals surface area contributed by atoms with Gasteiger partial charge in [0, 0.05) is 19.7 Å². The minimum Gasteiger partial charge on any atom is -0.474 e. The minimum absolute atomic E-state index is 0.0301. The first-order valence-corrected chi connectivity index (χ1v) is 7.28. The predicted molar refractivity (Wildman–Crippen MR) is 86.1 cm³/mol. The molecule has 7 heteroatoms. The highest BCUT2D eigenvalue weighted by Crippen LogP contribution is 2.27. The third kappa shape index (κ3) is 4.28. The minimum atomic E-state index is -0.912. The summed E-state index contributed by atoms with van der Waals surface area (Å²) in [4.78, 5) is 24.1. The van der Waals surface area contributed by atoms with E-state index in [2.05, 4.69) is 0 Å². The summed E-state index contributed by atoms with van der Waals surface area (Å²) in [5, 5.41) is 11.0. The fraction of sp³-hybridized carbons (Fsp3) is 0.235. The smallest absolute Gasteiger partial charge is 0.310 e. The molecule has 1 unspecified atom stereocenters. The maximum absolute atomic E-state index is 13.2. The van der Waals surface area contributed by atoms with E-state index in [1.54, 1.807) is 25.2 Å². The standard InChI is InChI=1S/C17H17FN2O4/c1-12(24-16-9-4-3-8-15(16)20(22)23)17(21)19(2)11-13-6-5-7-14(18)10-13/h3-10,12H,11H2,1-2H3. The summed E-state index contributed by atoms with van der Waals surface area (Å²) >= 11 is 0. The molecule has 6 nitrogen and oxygen atoms in total. The van der Waals surface area contributed by atoms with E-state index < -0.39 is 11.0 Å². The normalized spacial score (nSPS) is 11.6. The van der Waals surface area contributed by atoms with Crippen molar-refractivity contribution in [1.82, 2.24) is 4.90 Å². The molecule has 0 aliphatic rings. The van der Waals surface area contributed by atoms with Gasteiger partial charge in [-0.05, 0) is 30.7 Å². The molecule has 2 aromatic carbocycles. The largest absolute Gasteiger partial charge is 0.474 e. The molecule has 0 bridgehead atoms. The third-order valence-corrected chi connectivity index (χ3v) is 3.40. The van der Waals surface area contributed by atoms with E-state index in [9.17, 15) is 19.3 Å². The van der Waals surface area contributed by atoms with Crippen molar-refractivity contribution < 1.29 is 18.8 Å². The fourth-order valence-corrected chi connectivity index (χ4v) is 2.25. The topological polar surface area (TPSA) is 72.7 Å². The second-order valence-electron chi connectivity index (χ2n) is 5.31. The number of benzene rings is 2. The van der Waals surface area contributed by atoms with Crippen molar-refractivity contribution in [3.63, 3.8) is 0 Å². The molecule has 0 saturated carbocycles. The Morgan fingerprint density at radius 1 is 1.29 bits per heavy atom. The Hall–Kier alpha value is -2.96. The number of nitro benzene ring substituents is 1. The molecule has 0 spiro atoms. The summed E-state index contributed by atoms with van der Waals surface area (Å²) in [5.74, 6) is -0.711. The van der Waals surface area contributed by atoms with Crippen LogP contribution in [-0.2, 0) is 11.3 Å². The van der Waals surface area contributed by atoms with Crippen LogP contribution in [0.25, 0.3) is 0 Å². The molecule has 0 aliphatic carbocycles. The number of hydrogen-bond acceptors (Lipinski definition) is 4. The number of nitrogens with zero attached hydrogens (tertiary/aromatic N) is 2. The van der Waals surface area contributed by atoms with Crippen molar-refractivity contribution in [2.24, 2.45) is 0 Å². The molecular formula is C17H17FN2O4. The van der Waals surface area contributed by atoms with E-state index >= 15 is 0 Å². The summed E-state index contributed by atoms with van der Waals surface area (Å²) in [6.45, 7) is 1.72. The molecule has 2 aromatic rings. The van der Waals surface area contributed by atoms with Crippen molar-refractivity contribution in [3.8, 4) is 5.75 Å². The van der Waals surface area contributed by atoms with E-state index in [1.807, 2.05) is 0 Å². The highest BCUT2D eigenvalue weighted by atomic mass is 19.1. The van der Waals surface area contributed by atoms with Crippen LogP contribution in [0.2, 0.25) is 0 Å². The molecular weight excluding hydrogens is 315 g/mol. The molecule has 126 valence electrons. The maximum Gasteiger partial charge on any atom is 0.310 e. The third-order valence-electron chi connectivity index (χ3n) is 3.40. The summed E-state index contributed by atoms with van der Waals surface area (Å²) < 4.78 is 18.6. The number of hydrogen-bond donors (Lipinski definition) is 0. The SMILES string of the molecule is CC(Oc1ccccc1[N+](=O)[O-])C(=O)N(C)Cc1cccc(F)c1. The van der Waals surface area contributed by atoms with Crippen molar-refractivity contribution in [3.05, 3.63) is 70.0 Å². The second-order valence-corrected chi connectivity index (χ2v) is 5.31. The van der Waals surface area contributed by atoms with Gasteiger partial charge in [0.2, 0.25) is 0 Å². The predicted octanol–water partition coefficient (Wildman–Crippen LogP) is 3.16. The Kier molecular flexibility index (Phi) is 5.47. The Balaban J connectivity index is 2.05. The number of carbonyl (C=O) groups is 1. The van der Waals surface area contributed by atoms with Crippen LogP contribution in [0.1, 0.15) is 12.5 Å². The number of ether oxygens (including phenoxy) is 1. The molecule has 0 fully saturated rings. The first-order chi connectivity index (χ1) is 11.4. The summed E-state index contributed by atoms with van der Waals surface area (Å²) in [6.07, 6.45) is -0.912. The quantitative estimate of drug-likeness (QED) is 0.602. The molecule has 0 N–H and O–H groups in total. The van der Waals surface area contributed by atoms with E-state index in [0.29, 0.717) is 5.56 Å². The van der Waals surface area contributed by atoms with Gasteiger partial charge >= 0.3 is 5.69 Å². The Morgan fingerprint density at radius 3 is 2.67 bits per heavy atom. The van der Waals surface area contributed by atoms with Crippen LogP contribution in [0.4, 0.5) is 10.1 Å². The van der Waals surface area contributed by atoms with Gasteiger partial charge in [-0.25, -0.2) is 4.39 Å². The molecule has 0 aliphatic heterocycles. The van der Waals surface area contributed by atoms with Crippen LogP contribution in [-0.4, -0.2) is 28.9 Å². The Bertz CT molecular complexity index is 751. The van der Waals surface area contributed by atoms with Crippen molar-refractivity contribution in [2.75, 3.05) is 7.05 Å². The highest BCUT2D eigenvalue weighted by Gasteiger charge is 2.23. The average molecular weight is 332 g/mol. The maximum atomic E-state index is 13.2. The van der Waals surface area contributed by atoms with E-state index in [4.69, 9.17) is 4.74 Å². The van der Waals surface area contributed by atoms with Gasteiger partial charge in [-0.15, -0.1) is 0 Å². The molecule has 2 rings (SSSR count). The zero-order chi connectivity index (χ0) is 17.7. The van der Waals surface area contributed by atoms with E-state index in [-0.39, 0.29) is 29.7 Å². The van der Waals surface area contributed by atoms with E-state index in [0.717, 1.165) is 0 Å². The first-order valence-electron chi connectivity index (χ1n) is 7.28. The highest BCUT2D eigenvalue weighted by molar-refractivity contribution is 5.80. The average Bonchev–Trinajstić information content (AvgIpc) is 2.54. The van der Waals surface area contributed by atoms with Crippen LogP contribution in [0.3, 0.4) is 0 Å². The number of carbonyl (C=O) groups excluding carboxylic acids is 1. The molecule has 0 saturated heterocycles. The van der Waals surface area contributed by atoms with Crippen molar-refractivity contribution in [1.29, 1.82) is 0 Å². The number of para-hydroxylation sites is 2. The van der Waals surface area contributed by atoms with Crippen LogP contribution in [0, 0.1) is 15.9 Å². The number of nitro groups is 1. The lowest BCUT2D eigenvalue weighted by atomic mass is 10.2. The van der Waals surface area contributed by atoms with Gasteiger partial charge in [0.25, 0.3) is 5.91 Å². The molecule has 1 atom stereocenters. The van der Waals surface area contributed by atoms with Crippen LogP contribution < -0.4 is 4.74 Å². The Morgan fingerprint density at radius 2 is 2.00 bits per heavy atom. The monoisotopic (exact) mass is 332 g/mol. The van der Waals surface area contributed by atoms with Crippen LogP contribution in [0.5, 0.6) is 5.75 Å². The number of rotatable bonds is 6. The Labute approximate surface area is 138 Å². The zero-order valence-electron chi connectivity index (χ0n) is 13.3. The fourth-order valence-electron chi connectivity index (χ4n) is 2.25. The molecule has 0 heterocycles.